The van der Waals surface area contributed by atoms with Crippen molar-refractivity contribution in [2.75, 3.05) is 61.7 Å². The molecule has 4 aromatic rings. The third-order valence-electron chi connectivity index (χ3n) is 6.29. The molecule has 0 aliphatic heterocycles. The first kappa shape index (κ1) is 26.5. The lowest BCUT2D eigenvalue weighted by Gasteiger charge is -2.18. The molecular formula is C29H33N3O6. The number of aromatic nitrogens is 2. The highest BCUT2D eigenvalue weighted by Crippen LogP contribution is 2.45. The zero-order valence-corrected chi connectivity index (χ0v) is 23.0. The van der Waals surface area contributed by atoms with E-state index in [1.54, 1.807) is 49.0 Å². The van der Waals surface area contributed by atoms with E-state index in [0.717, 1.165) is 33.9 Å². The Labute approximate surface area is 223 Å². The number of nitrogens with zero attached hydrogens (tertiary/aromatic N) is 3. The Hall–Kier alpha value is -4.53. The second kappa shape index (κ2) is 11.2. The van der Waals surface area contributed by atoms with Crippen molar-refractivity contribution in [3.8, 4) is 62.7 Å². The Morgan fingerprint density at radius 1 is 0.605 bits per heavy atom. The quantitative estimate of drug-likeness (QED) is 0.279. The molecule has 0 saturated heterocycles. The van der Waals surface area contributed by atoms with Crippen LogP contribution in [0.4, 0.5) is 5.69 Å². The SMILES string of the molecule is COc1cc(-c2ncn(-c3cc(OC)c(OC)c(OC)c3)c2-c2ccc(N(C)C)cc2)cc(OC)c1OC. The van der Waals surface area contributed by atoms with Crippen LogP contribution in [0.25, 0.3) is 28.2 Å². The van der Waals surface area contributed by atoms with Crippen LogP contribution in [0.1, 0.15) is 0 Å². The van der Waals surface area contributed by atoms with E-state index in [9.17, 15) is 0 Å². The molecule has 0 unspecified atom stereocenters. The van der Waals surface area contributed by atoms with Gasteiger partial charge in [-0.2, -0.15) is 0 Å². The molecule has 9 heteroatoms. The van der Waals surface area contributed by atoms with E-state index in [-0.39, 0.29) is 0 Å². The van der Waals surface area contributed by atoms with Crippen molar-refractivity contribution in [1.29, 1.82) is 0 Å². The largest absolute Gasteiger partial charge is 0.493 e. The van der Waals surface area contributed by atoms with Gasteiger partial charge in [-0.1, -0.05) is 12.1 Å². The summed E-state index contributed by atoms with van der Waals surface area (Å²) in [5, 5.41) is 0. The number of rotatable bonds is 10. The van der Waals surface area contributed by atoms with Crippen LogP contribution in [0.15, 0.2) is 54.9 Å². The van der Waals surface area contributed by atoms with Gasteiger partial charge >= 0.3 is 0 Å². The topological polar surface area (TPSA) is 76.4 Å². The van der Waals surface area contributed by atoms with E-state index >= 15 is 0 Å². The highest BCUT2D eigenvalue weighted by atomic mass is 16.5. The van der Waals surface area contributed by atoms with Crippen LogP contribution in [0, 0.1) is 0 Å². The van der Waals surface area contributed by atoms with Gasteiger partial charge in [-0.05, 0) is 24.3 Å². The summed E-state index contributed by atoms with van der Waals surface area (Å²) in [6.07, 6.45) is 1.77. The van der Waals surface area contributed by atoms with Gasteiger partial charge in [-0.25, -0.2) is 4.98 Å². The van der Waals surface area contributed by atoms with Crippen molar-refractivity contribution >= 4 is 5.69 Å². The van der Waals surface area contributed by atoms with Crippen molar-refractivity contribution in [1.82, 2.24) is 9.55 Å². The zero-order chi connectivity index (χ0) is 27.4. The minimum absolute atomic E-state index is 0.514. The molecule has 0 spiro atoms. The number of imidazole rings is 1. The van der Waals surface area contributed by atoms with Gasteiger partial charge in [0.2, 0.25) is 11.5 Å². The van der Waals surface area contributed by atoms with E-state index in [2.05, 4.69) is 29.2 Å². The highest BCUT2D eigenvalue weighted by Gasteiger charge is 2.22. The van der Waals surface area contributed by atoms with Gasteiger partial charge in [0.05, 0.1) is 59.7 Å². The predicted octanol–water partition coefficient (Wildman–Crippen LogP) is 5.32. The second-order valence-corrected chi connectivity index (χ2v) is 8.55. The van der Waals surface area contributed by atoms with Crippen molar-refractivity contribution < 1.29 is 28.4 Å². The predicted molar refractivity (Wildman–Crippen MR) is 148 cm³/mol. The Kier molecular flexibility index (Phi) is 7.85. The molecule has 200 valence electrons. The van der Waals surface area contributed by atoms with Gasteiger partial charge in [0.25, 0.3) is 0 Å². The number of hydrogen-bond donors (Lipinski definition) is 0. The fourth-order valence-corrected chi connectivity index (χ4v) is 4.37. The Morgan fingerprint density at radius 2 is 1.08 bits per heavy atom. The smallest absolute Gasteiger partial charge is 0.203 e. The third kappa shape index (κ3) is 4.74. The maximum absolute atomic E-state index is 5.61. The molecule has 0 radical (unpaired) electrons. The van der Waals surface area contributed by atoms with Gasteiger partial charge in [-0.3, -0.25) is 4.57 Å². The third-order valence-corrected chi connectivity index (χ3v) is 6.29. The highest BCUT2D eigenvalue weighted by molar-refractivity contribution is 5.83. The summed E-state index contributed by atoms with van der Waals surface area (Å²) in [5.74, 6) is 3.19. The fraction of sp³-hybridized carbons (Fsp3) is 0.276. The van der Waals surface area contributed by atoms with Crippen molar-refractivity contribution in [2.24, 2.45) is 0 Å². The molecule has 0 amide bonds. The summed E-state index contributed by atoms with van der Waals surface area (Å²) in [5.41, 5.74) is 5.23. The molecule has 1 aromatic heterocycles. The number of benzene rings is 3. The van der Waals surface area contributed by atoms with Crippen LogP contribution in [-0.4, -0.2) is 66.3 Å². The van der Waals surface area contributed by atoms with Crippen molar-refractivity contribution in [2.45, 2.75) is 0 Å². The van der Waals surface area contributed by atoms with Gasteiger partial charge < -0.3 is 33.3 Å². The van der Waals surface area contributed by atoms with Crippen LogP contribution < -0.4 is 33.3 Å². The lowest BCUT2D eigenvalue weighted by molar-refractivity contribution is 0.324. The number of anilines is 1. The van der Waals surface area contributed by atoms with Crippen LogP contribution >= 0.6 is 0 Å². The standard InChI is InChI=1S/C29H33N3O6/c1-31(2)20-11-9-18(10-12-20)27-26(19-13-22(33-3)28(37-7)23(14-19)34-4)30-17-32(27)21-15-24(35-5)29(38-8)25(16-21)36-6/h9-17H,1-8H3. The van der Waals surface area contributed by atoms with Gasteiger partial charge in [0, 0.05) is 43.0 Å². The molecule has 9 nitrogen and oxygen atoms in total. The minimum atomic E-state index is 0.514. The van der Waals surface area contributed by atoms with E-state index in [4.69, 9.17) is 33.4 Å². The van der Waals surface area contributed by atoms with E-state index in [1.807, 2.05) is 42.9 Å². The molecule has 4 rings (SSSR count). The molecular weight excluding hydrogens is 486 g/mol. The van der Waals surface area contributed by atoms with Crippen LogP contribution in [0.5, 0.6) is 34.5 Å². The average molecular weight is 520 g/mol. The summed E-state index contributed by atoms with van der Waals surface area (Å²) in [4.78, 5) is 6.90. The van der Waals surface area contributed by atoms with Crippen LogP contribution in [0.3, 0.4) is 0 Å². The first-order chi connectivity index (χ1) is 18.4. The molecule has 3 aromatic carbocycles. The fourth-order valence-electron chi connectivity index (χ4n) is 4.37. The van der Waals surface area contributed by atoms with Gasteiger partial charge in [0.1, 0.15) is 6.33 Å². The molecule has 1 heterocycles. The number of hydrogen-bond acceptors (Lipinski definition) is 8. The van der Waals surface area contributed by atoms with E-state index in [0.29, 0.717) is 34.5 Å². The molecule has 0 bridgehead atoms. The maximum atomic E-state index is 5.61. The number of ether oxygens (including phenoxy) is 6. The summed E-state index contributed by atoms with van der Waals surface area (Å²) in [6.45, 7) is 0. The monoisotopic (exact) mass is 519 g/mol. The Bertz CT molecular complexity index is 1280. The first-order valence-corrected chi connectivity index (χ1v) is 11.9. The molecule has 0 aliphatic rings. The molecule has 38 heavy (non-hydrogen) atoms. The van der Waals surface area contributed by atoms with Gasteiger partial charge in [-0.15, -0.1) is 0 Å². The summed E-state index contributed by atoms with van der Waals surface area (Å²) < 4.78 is 35.5. The van der Waals surface area contributed by atoms with Crippen LogP contribution in [-0.2, 0) is 0 Å². The number of methoxy groups -OCH3 is 6. The minimum Gasteiger partial charge on any atom is -0.493 e. The maximum Gasteiger partial charge on any atom is 0.203 e. The molecule has 0 atom stereocenters. The average Bonchev–Trinajstić information content (AvgIpc) is 3.40. The Morgan fingerprint density at radius 3 is 1.50 bits per heavy atom. The Balaban J connectivity index is 2.01. The van der Waals surface area contributed by atoms with Crippen molar-refractivity contribution in [3.63, 3.8) is 0 Å². The van der Waals surface area contributed by atoms with Crippen molar-refractivity contribution in [3.05, 3.63) is 54.9 Å². The van der Waals surface area contributed by atoms with Gasteiger partial charge in [0.15, 0.2) is 23.0 Å². The summed E-state index contributed by atoms with van der Waals surface area (Å²) in [6, 6.07) is 15.8. The lowest BCUT2D eigenvalue weighted by atomic mass is 10.0. The lowest BCUT2D eigenvalue weighted by Crippen LogP contribution is -2.08. The summed E-state index contributed by atoms with van der Waals surface area (Å²) in [7, 11) is 13.6. The van der Waals surface area contributed by atoms with E-state index < -0.39 is 0 Å². The zero-order valence-electron chi connectivity index (χ0n) is 23.0. The first-order valence-electron chi connectivity index (χ1n) is 11.9. The molecule has 0 fully saturated rings. The molecule has 0 N–H and O–H groups in total. The molecule has 0 saturated carbocycles. The van der Waals surface area contributed by atoms with Crippen LogP contribution in [0.2, 0.25) is 0 Å². The van der Waals surface area contributed by atoms with E-state index in [1.165, 1.54) is 0 Å². The summed E-state index contributed by atoms with van der Waals surface area (Å²) >= 11 is 0. The second-order valence-electron chi connectivity index (χ2n) is 8.55. The molecule has 0 aliphatic carbocycles. The normalized spacial score (nSPS) is 10.6.